The molecule has 0 bridgehead atoms. The van der Waals surface area contributed by atoms with Crippen molar-refractivity contribution in [1.29, 1.82) is 0 Å². The Balaban J connectivity index is 2.63. The van der Waals surface area contributed by atoms with Gasteiger partial charge in [-0.3, -0.25) is 9.59 Å². The molecular weight excluding hydrogens is 294 g/mol. The highest BCUT2D eigenvalue weighted by Crippen LogP contribution is 2.22. The molecule has 4 N–H and O–H groups in total. The van der Waals surface area contributed by atoms with Crippen LogP contribution in [0.25, 0.3) is 0 Å². The van der Waals surface area contributed by atoms with Crippen molar-refractivity contribution in [3.63, 3.8) is 0 Å². The highest BCUT2D eigenvalue weighted by molar-refractivity contribution is 6.30. The molecule has 0 spiro atoms. The molecule has 0 aromatic heterocycles. The Morgan fingerprint density at radius 1 is 1.29 bits per heavy atom. The van der Waals surface area contributed by atoms with Crippen molar-refractivity contribution in [3.8, 4) is 5.75 Å². The molecule has 7 heteroatoms. The van der Waals surface area contributed by atoms with Crippen molar-refractivity contribution < 1.29 is 14.3 Å². The van der Waals surface area contributed by atoms with Gasteiger partial charge in [-0.15, -0.1) is 0 Å². The topological polar surface area (TPSA) is 93.4 Å². The first kappa shape index (κ1) is 17.3. The smallest absolute Gasteiger partial charge is 0.257 e. The standard InChI is InChI=1S/C14H20ClN3O3/c1-2-13(19)18-8-10-7-11(15)3-4-12(10)21-9-14(20)17-6-5-16/h3-4,7H,2,5-6,8-9,16H2,1H3,(H,17,20)(H,18,19). The molecule has 0 unspecified atom stereocenters. The van der Waals surface area contributed by atoms with Crippen LogP contribution in [0.1, 0.15) is 18.9 Å². The van der Waals surface area contributed by atoms with Crippen LogP contribution >= 0.6 is 11.6 Å². The van der Waals surface area contributed by atoms with Gasteiger partial charge in [0.25, 0.3) is 5.91 Å². The van der Waals surface area contributed by atoms with Gasteiger partial charge < -0.3 is 21.1 Å². The largest absolute Gasteiger partial charge is 0.483 e. The summed E-state index contributed by atoms with van der Waals surface area (Å²) in [6, 6.07) is 5.04. The van der Waals surface area contributed by atoms with E-state index < -0.39 is 0 Å². The summed E-state index contributed by atoms with van der Waals surface area (Å²) in [5.41, 5.74) is 6.01. The molecular formula is C14H20ClN3O3. The van der Waals surface area contributed by atoms with Crippen LogP contribution in [0.3, 0.4) is 0 Å². The van der Waals surface area contributed by atoms with Gasteiger partial charge in [-0.1, -0.05) is 18.5 Å². The van der Waals surface area contributed by atoms with Gasteiger partial charge in [0.05, 0.1) is 0 Å². The summed E-state index contributed by atoms with van der Waals surface area (Å²) in [4.78, 5) is 22.8. The molecule has 0 saturated carbocycles. The van der Waals surface area contributed by atoms with Gasteiger partial charge in [-0.25, -0.2) is 0 Å². The van der Waals surface area contributed by atoms with E-state index in [4.69, 9.17) is 22.1 Å². The van der Waals surface area contributed by atoms with Crippen LogP contribution in [-0.2, 0) is 16.1 Å². The maximum Gasteiger partial charge on any atom is 0.257 e. The summed E-state index contributed by atoms with van der Waals surface area (Å²) in [6.07, 6.45) is 0.401. The number of hydrogen-bond acceptors (Lipinski definition) is 4. The van der Waals surface area contributed by atoms with E-state index in [1.807, 2.05) is 0 Å². The van der Waals surface area contributed by atoms with Crippen molar-refractivity contribution >= 4 is 23.4 Å². The van der Waals surface area contributed by atoms with E-state index in [0.29, 0.717) is 36.8 Å². The average molecular weight is 314 g/mol. The fraction of sp³-hybridized carbons (Fsp3) is 0.429. The first-order chi connectivity index (χ1) is 10.1. The lowest BCUT2D eigenvalue weighted by Crippen LogP contribution is -2.33. The molecule has 0 fully saturated rings. The molecule has 0 atom stereocenters. The fourth-order valence-corrected chi connectivity index (χ4v) is 1.75. The Morgan fingerprint density at radius 3 is 2.71 bits per heavy atom. The number of nitrogens with one attached hydrogen (secondary N) is 2. The number of hydrogen-bond donors (Lipinski definition) is 3. The molecule has 6 nitrogen and oxygen atoms in total. The van der Waals surface area contributed by atoms with E-state index in [2.05, 4.69) is 10.6 Å². The van der Waals surface area contributed by atoms with Gasteiger partial charge >= 0.3 is 0 Å². The number of nitrogens with two attached hydrogens (primary N) is 1. The van der Waals surface area contributed by atoms with Gasteiger partial charge in [-0.2, -0.15) is 0 Å². The van der Waals surface area contributed by atoms with Crippen LogP contribution in [0.2, 0.25) is 5.02 Å². The molecule has 116 valence electrons. The van der Waals surface area contributed by atoms with Gasteiger partial charge in [0.1, 0.15) is 5.75 Å². The molecule has 0 aliphatic heterocycles. The average Bonchev–Trinajstić information content (AvgIpc) is 2.49. The first-order valence-electron chi connectivity index (χ1n) is 6.71. The van der Waals surface area contributed by atoms with Gasteiger partial charge in [-0.05, 0) is 18.2 Å². The van der Waals surface area contributed by atoms with Crippen LogP contribution < -0.4 is 21.1 Å². The lowest BCUT2D eigenvalue weighted by atomic mass is 10.2. The lowest BCUT2D eigenvalue weighted by Gasteiger charge is -2.12. The summed E-state index contributed by atoms with van der Waals surface area (Å²) in [5.74, 6) is 0.194. The van der Waals surface area contributed by atoms with E-state index in [-0.39, 0.29) is 18.4 Å². The number of amides is 2. The zero-order valence-electron chi connectivity index (χ0n) is 11.9. The second-order valence-corrected chi connectivity index (χ2v) is 4.75. The summed E-state index contributed by atoms with van der Waals surface area (Å²) in [6.45, 7) is 2.74. The van der Waals surface area contributed by atoms with Crippen molar-refractivity contribution in [2.45, 2.75) is 19.9 Å². The van der Waals surface area contributed by atoms with E-state index in [1.165, 1.54) is 0 Å². The molecule has 0 radical (unpaired) electrons. The number of benzene rings is 1. The number of halogens is 1. The van der Waals surface area contributed by atoms with Gasteiger partial charge in [0.2, 0.25) is 5.91 Å². The SMILES string of the molecule is CCC(=O)NCc1cc(Cl)ccc1OCC(=O)NCCN. The van der Waals surface area contributed by atoms with Gasteiger partial charge in [0.15, 0.2) is 6.61 Å². The molecule has 0 saturated heterocycles. The first-order valence-corrected chi connectivity index (χ1v) is 7.09. The van der Waals surface area contributed by atoms with Crippen molar-refractivity contribution in [2.24, 2.45) is 5.73 Å². The molecule has 0 heterocycles. The van der Waals surface area contributed by atoms with E-state index in [0.717, 1.165) is 5.56 Å². The Bertz CT molecular complexity index is 494. The zero-order chi connectivity index (χ0) is 15.7. The molecule has 2 amide bonds. The van der Waals surface area contributed by atoms with E-state index in [1.54, 1.807) is 25.1 Å². The maximum absolute atomic E-state index is 11.5. The highest BCUT2D eigenvalue weighted by atomic mass is 35.5. The Morgan fingerprint density at radius 2 is 2.05 bits per heavy atom. The monoisotopic (exact) mass is 313 g/mol. The normalized spacial score (nSPS) is 10.0. The molecule has 0 aliphatic rings. The molecule has 21 heavy (non-hydrogen) atoms. The molecule has 1 aromatic carbocycles. The van der Waals surface area contributed by atoms with Crippen LogP contribution in [0.5, 0.6) is 5.75 Å². The molecule has 1 aromatic rings. The minimum Gasteiger partial charge on any atom is -0.483 e. The summed E-state index contributed by atoms with van der Waals surface area (Å²) < 4.78 is 5.45. The van der Waals surface area contributed by atoms with E-state index >= 15 is 0 Å². The van der Waals surface area contributed by atoms with Crippen molar-refractivity contribution in [1.82, 2.24) is 10.6 Å². The molecule has 0 aliphatic carbocycles. The van der Waals surface area contributed by atoms with Crippen molar-refractivity contribution in [3.05, 3.63) is 28.8 Å². The minimum atomic E-state index is -0.251. The third kappa shape index (κ3) is 6.46. The van der Waals surface area contributed by atoms with Gasteiger partial charge in [0, 0.05) is 36.6 Å². The number of rotatable bonds is 8. The summed E-state index contributed by atoms with van der Waals surface area (Å²) >= 11 is 5.94. The number of carbonyl (C=O) groups excluding carboxylic acids is 2. The molecule has 1 rings (SSSR count). The quantitative estimate of drug-likeness (QED) is 0.662. The minimum absolute atomic E-state index is 0.0679. The predicted molar refractivity (Wildman–Crippen MR) is 81.1 cm³/mol. The predicted octanol–water partition coefficient (Wildman–Crippen LogP) is 0.820. The fourth-order valence-electron chi connectivity index (χ4n) is 1.55. The second kappa shape index (κ2) is 9.20. The van der Waals surface area contributed by atoms with E-state index in [9.17, 15) is 9.59 Å². The zero-order valence-corrected chi connectivity index (χ0v) is 12.7. The Labute approximate surface area is 129 Å². The second-order valence-electron chi connectivity index (χ2n) is 4.31. The maximum atomic E-state index is 11.5. The number of ether oxygens (including phenoxy) is 1. The third-order valence-electron chi connectivity index (χ3n) is 2.64. The van der Waals surface area contributed by atoms with Crippen molar-refractivity contribution in [2.75, 3.05) is 19.7 Å². The Hall–Kier alpha value is -1.79. The number of carbonyl (C=O) groups is 2. The van der Waals surface area contributed by atoms with Crippen LogP contribution in [-0.4, -0.2) is 31.5 Å². The summed E-state index contributed by atoms with van der Waals surface area (Å²) in [7, 11) is 0. The lowest BCUT2D eigenvalue weighted by molar-refractivity contribution is -0.123. The highest BCUT2D eigenvalue weighted by Gasteiger charge is 2.08. The Kier molecular flexibility index (Phi) is 7.56. The van der Waals surface area contributed by atoms with Crippen LogP contribution in [0.4, 0.5) is 0 Å². The van der Waals surface area contributed by atoms with Crippen LogP contribution in [0, 0.1) is 0 Å². The summed E-state index contributed by atoms with van der Waals surface area (Å²) in [5, 5.41) is 5.89. The third-order valence-corrected chi connectivity index (χ3v) is 2.88. The van der Waals surface area contributed by atoms with Crippen LogP contribution in [0.15, 0.2) is 18.2 Å².